The number of hydrogen-bond donors (Lipinski definition) is 4. The van der Waals surface area contributed by atoms with Crippen LogP contribution in [0.15, 0.2) is 5.11 Å². The lowest BCUT2D eigenvalue weighted by Crippen LogP contribution is -2.60. The van der Waals surface area contributed by atoms with E-state index in [1.54, 1.807) is 0 Å². The molecular formula is C9H16N4O6. The molecule has 1 amide bonds. The Hall–Kier alpha value is -1.42. The molecule has 108 valence electrons. The molecule has 1 heterocycles. The number of azide groups is 1. The number of methoxy groups -OCH3 is 1. The second kappa shape index (κ2) is 7.24. The summed E-state index contributed by atoms with van der Waals surface area (Å²) < 4.78 is 9.99. The molecule has 0 aromatic rings. The van der Waals surface area contributed by atoms with Gasteiger partial charge in [0.25, 0.3) is 0 Å². The monoisotopic (exact) mass is 276 g/mol. The first-order chi connectivity index (χ1) is 9.01. The minimum Gasteiger partial charge on any atom is -0.388 e. The molecule has 4 N–H and O–H groups in total. The van der Waals surface area contributed by atoms with Crippen LogP contribution in [0.4, 0.5) is 0 Å². The minimum atomic E-state index is -1.45. The smallest absolute Gasteiger partial charge is 0.225 e. The van der Waals surface area contributed by atoms with Crippen molar-refractivity contribution in [2.24, 2.45) is 5.11 Å². The van der Waals surface area contributed by atoms with Gasteiger partial charge in [0.15, 0.2) is 6.29 Å². The average Bonchev–Trinajstić information content (AvgIpc) is 2.41. The predicted octanol–water partition coefficient (Wildman–Crippen LogP) is -2.13. The minimum absolute atomic E-state index is 0.120. The van der Waals surface area contributed by atoms with Gasteiger partial charge in [-0.15, -0.1) is 0 Å². The van der Waals surface area contributed by atoms with Crippen molar-refractivity contribution in [3.05, 3.63) is 10.4 Å². The number of nitrogens with one attached hydrogen (secondary N) is 1. The third-order valence-corrected chi connectivity index (χ3v) is 2.68. The SMILES string of the molecule is CO[C@@H]1OC(CNC(=O)CN=[N+]=[N-])[C@H](O)[C@H](O)C1O. The summed E-state index contributed by atoms with van der Waals surface area (Å²) in [4.78, 5) is 13.6. The molecule has 1 rings (SSSR count). The molecule has 2 unspecified atom stereocenters. The summed E-state index contributed by atoms with van der Waals surface area (Å²) in [6.07, 6.45) is -6.25. The van der Waals surface area contributed by atoms with Crippen LogP contribution in [0, 0.1) is 0 Å². The van der Waals surface area contributed by atoms with Gasteiger partial charge in [0.05, 0.1) is 0 Å². The maximum atomic E-state index is 11.2. The molecule has 10 heteroatoms. The highest BCUT2D eigenvalue weighted by atomic mass is 16.7. The van der Waals surface area contributed by atoms with E-state index in [2.05, 4.69) is 15.3 Å². The highest BCUT2D eigenvalue weighted by Crippen LogP contribution is 2.21. The number of carbonyl (C=O) groups excluding carboxylic acids is 1. The summed E-state index contributed by atoms with van der Waals surface area (Å²) in [7, 11) is 1.27. The van der Waals surface area contributed by atoms with Gasteiger partial charge in [0, 0.05) is 18.6 Å². The Kier molecular flexibility index (Phi) is 5.96. The molecular weight excluding hydrogens is 260 g/mol. The third-order valence-electron chi connectivity index (χ3n) is 2.68. The van der Waals surface area contributed by atoms with E-state index in [1.165, 1.54) is 7.11 Å². The zero-order chi connectivity index (χ0) is 14.4. The summed E-state index contributed by atoms with van der Waals surface area (Å²) >= 11 is 0. The number of aliphatic hydroxyl groups excluding tert-OH is 3. The summed E-state index contributed by atoms with van der Waals surface area (Å²) in [6, 6.07) is 0. The summed E-state index contributed by atoms with van der Waals surface area (Å²) in [6.45, 7) is -0.497. The van der Waals surface area contributed by atoms with E-state index in [4.69, 9.17) is 15.0 Å². The maximum absolute atomic E-state index is 11.2. The van der Waals surface area contributed by atoms with Gasteiger partial charge >= 0.3 is 0 Å². The van der Waals surface area contributed by atoms with Gasteiger partial charge in [-0.3, -0.25) is 4.79 Å². The van der Waals surface area contributed by atoms with E-state index in [0.717, 1.165) is 0 Å². The first-order valence-electron chi connectivity index (χ1n) is 5.51. The van der Waals surface area contributed by atoms with E-state index in [1.807, 2.05) is 0 Å². The largest absolute Gasteiger partial charge is 0.388 e. The number of hydrogen-bond acceptors (Lipinski definition) is 7. The van der Waals surface area contributed by atoms with Gasteiger partial charge in [0.1, 0.15) is 31.0 Å². The molecule has 1 saturated heterocycles. The molecule has 0 aromatic carbocycles. The zero-order valence-electron chi connectivity index (χ0n) is 10.2. The zero-order valence-corrected chi connectivity index (χ0v) is 10.2. The summed E-state index contributed by atoms with van der Waals surface area (Å²) in [5.41, 5.74) is 8.04. The second-order valence-electron chi connectivity index (χ2n) is 3.94. The molecule has 1 aliphatic rings. The quantitative estimate of drug-likeness (QED) is 0.255. The first-order valence-corrected chi connectivity index (χ1v) is 5.51. The maximum Gasteiger partial charge on any atom is 0.225 e. The highest BCUT2D eigenvalue weighted by molar-refractivity contribution is 5.78. The lowest BCUT2D eigenvalue weighted by molar-refractivity contribution is -0.288. The van der Waals surface area contributed by atoms with Crippen LogP contribution in [0.3, 0.4) is 0 Å². The van der Waals surface area contributed by atoms with Gasteiger partial charge in [-0.05, 0) is 5.53 Å². The van der Waals surface area contributed by atoms with Gasteiger partial charge in [0.2, 0.25) is 5.91 Å². The highest BCUT2D eigenvalue weighted by Gasteiger charge is 2.43. The molecule has 10 nitrogen and oxygen atoms in total. The Morgan fingerprint density at radius 2 is 2.11 bits per heavy atom. The van der Waals surface area contributed by atoms with Crippen molar-refractivity contribution < 1.29 is 29.6 Å². The van der Waals surface area contributed by atoms with E-state index < -0.39 is 36.6 Å². The average molecular weight is 276 g/mol. The van der Waals surface area contributed by atoms with Crippen LogP contribution in [0.25, 0.3) is 10.4 Å². The Morgan fingerprint density at radius 3 is 2.68 bits per heavy atom. The normalized spacial score (nSPS) is 34.4. The van der Waals surface area contributed by atoms with Crippen molar-refractivity contribution in [3.63, 3.8) is 0 Å². The van der Waals surface area contributed by atoms with Crippen molar-refractivity contribution in [1.82, 2.24) is 5.32 Å². The molecule has 0 saturated carbocycles. The molecule has 0 radical (unpaired) electrons. The van der Waals surface area contributed by atoms with Gasteiger partial charge in [-0.25, -0.2) is 0 Å². The molecule has 1 aliphatic heterocycles. The summed E-state index contributed by atoms with van der Waals surface area (Å²) in [5, 5.41) is 34.2. The lowest BCUT2D eigenvalue weighted by Gasteiger charge is -2.39. The Morgan fingerprint density at radius 1 is 1.42 bits per heavy atom. The number of aliphatic hydroxyl groups is 3. The number of rotatable bonds is 5. The van der Waals surface area contributed by atoms with Gasteiger partial charge < -0.3 is 30.1 Å². The number of nitrogens with zero attached hydrogens (tertiary/aromatic N) is 3. The molecule has 0 aliphatic carbocycles. The number of carbonyl (C=O) groups is 1. The standard InChI is InChI=1S/C9H16N4O6/c1-18-9-8(17)7(16)6(15)4(19-9)2-11-5(14)3-12-13-10/h4,6-9,15-17H,2-3H2,1H3,(H,11,14)/t4?,6-,7-,8?,9+/m0/s1. The fourth-order valence-electron chi connectivity index (χ4n) is 1.65. The van der Waals surface area contributed by atoms with E-state index in [-0.39, 0.29) is 13.1 Å². The summed E-state index contributed by atoms with van der Waals surface area (Å²) in [5.74, 6) is -0.553. The van der Waals surface area contributed by atoms with Crippen molar-refractivity contribution in [2.45, 2.75) is 30.7 Å². The van der Waals surface area contributed by atoms with Gasteiger partial charge in [-0.2, -0.15) is 0 Å². The van der Waals surface area contributed by atoms with Crippen LogP contribution >= 0.6 is 0 Å². The molecule has 5 atom stereocenters. The first kappa shape index (κ1) is 15.6. The van der Waals surface area contributed by atoms with E-state index >= 15 is 0 Å². The van der Waals surface area contributed by atoms with Crippen LogP contribution in [0.1, 0.15) is 0 Å². The molecule has 0 aromatic heterocycles. The molecule has 0 bridgehead atoms. The predicted molar refractivity (Wildman–Crippen MR) is 60.7 cm³/mol. The number of amides is 1. The van der Waals surface area contributed by atoms with Crippen LogP contribution in [-0.2, 0) is 14.3 Å². The number of ether oxygens (including phenoxy) is 2. The third kappa shape index (κ3) is 4.03. The van der Waals surface area contributed by atoms with Crippen LogP contribution in [0.2, 0.25) is 0 Å². The Bertz CT molecular complexity index is 359. The Balaban J connectivity index is 2.52. The van der Waals surface area contributed by atoms with Crippen molar-refractivity contribution in [3.8, 4) is 0 Å². The second-order valence-corrected chi connectivity index (χ2v) is 3.94. The Labute approximate surface area is 108 Å². The van der Waals surface area contributed by atoms with Crippen LogP contribution in [0.5, 0.6) is 0 Å². The lowest BCUT2D eigenvalue weighted by atomic mass is 9.99. The fourth-order valence-corrected chi connectivity index (χ4v) is 1.65. The fraction of sp³-hybridized carbons (Fsp3) is 0.889. The van der Waals surface area contributed by atoms with E-state index in [0.29, 0.717) is 0 Å². The molecule has 1 fully saturated rings. The van der Waals surface area contributed by atoms with Gasteiger partial charge in [-0.1, -0.05) is 5.11 Å². The molecule has 0 spiro atoms. The van der Waals surface area contributed by atoms with Crippen molar-refractivity contribution in [1.29, 1.82) is 0 Å². The van der Waals surface area contributed by atoms with Crippen molar-refractivity contribution in [2.75, 3.05) is 20.2 Å². The van der Waals surface area contributed by atoms with Crippen LogP contribution < -0.4 is 5.32 Å². The van der Waals surface area contributed by atoms with E-state index in [9.17, 15) is 20.1 Å². The van der Waals surface area contributed by atoms with Crippen molar-refractivity contribution >= 4 is 5.91 Å². The molecule has 19 heavy (non-hydrogen) atoms. The van der Waals surface area contributed by atoms with Crippen LogP contribution in [-0.4, -0.2) is 72.1 Å². The topological polar surface area (TPSA) is 157 Å².